The summed E-state index contributed by atoms with van der Waals surface area (Å²) >= 11 is 0. The Hall–Kier alpha value is -1.26. The molecule has 0 aliphatic heterocycles. The highest BCUT2D eigenvalue weighted by Gasteiger charge is 2.25. The molecule has 5 nitrogen and oxygen atoms in total. The third kappa shape index (κ3) is 10.4. The van der Waals surface area contributed by atoms with E-state index in [1.807, 2.05) is 48.5 Å². The molecule has 0 aliphatic carbocycles. The van der Waals surface area contributed by atoms with Gasteiger partial charge in [-0.25, -0.2) is 4.79 Å². The lowest BCUT2D eigenvalue weighted by Crippen LogP contribution is -2.52. The molecule has 2 amide bonds. The number of nitrogens with one attached hydrogen (secondary N) is 2. The Bertz CT molecular complexity index is 317. The molecule has 0 fully saturated rings. The van der Waals surface area contributed by atoms with Gasteiger partial charge in [0.1, 0.15) is 5.60 Å². The highest BCUT2D eigenvalue weighted by Crippen LogP contribution is 2.09. The smallest absolute Gasteiger partial charge is 0.408 e. The molecule has 0 aromatic heterocycles. The number of alkyl carbamates (subject to hydrolysis) is 1. The molecule has 0 heterocycles. The molecule has 0 radical (unpaired) electrons. The van der Waals surface area contributed by atoms with E-state index in [1.54, 1.807) is 0 Å². The first-order chi connectivity index (χ1) is 8.41. The monoisotopic (exact) mass is 272 g/mol. The SMILES string of the molecule is CC(C)CC(=O)NCC(C)(C)NC(=O)OC(C)(C)C. The first kappa shape index (κ1) is 17.7. The fourth-order valence-electron chi connectivity index (χ4n) is 1.39. The second-order valence-electron chi connectivity index (χ2n) is 6.89. The predicted molar refractivity (Wildman–Crippen MR) is 75.9 cm³/mol. The largest absolute Gasteiger partial charge is 0.444 e. The molecule has 0 aromatic rings. The molecule has 5 heteroatoms. The van der Waals surface area contributed by atoms with E-state index in [1.165, 1.54) is 0 Å². The van der Waals surface area contributed by atoms with Crippen LogP contribution in [0.4, 0.5) is 4.79 Å². The van der Waals surface area contributed by atoms with Crippen LogP contribution in [0.3, 0.4) is 0 Å². The summed E-state index contributed by atoms with van der Waals surface area (Å²) in [5.74, 6) is 0.316. The van der Waals surface area contributed by atoms with Crippen molar-refractivity contribution >= 4 is 12.0 Å². The van der Waals surface area contributed by atoms with E-state index < -0.39 is 17.2 Å². The fraction of sp³-hybridized carbons (Fsp3) is 0.857. The van der Waals surface area contributed by atoms with Gasteiger partial charge in [0.2, 0.25) is 5.91 Å². The first-order valence-electron chi connectivity index (χ1n) is 6.69. The molecular weight excluding hydrogens is 244 g/mol. The van der Waals surface area contributed by atoms with Crippen molar-refractivity contribution in [2.45, 2.75) is 66.0 Å². The molecular formula is C14H28N2O3. The minimum Gasteiger partial charge on any atom is -0.444 e. The third-order valence-electron chi connectivity index (χ3n) is 2.16. The average Bonchev–Trinajstić information content (AvgIpc) is 2.09. The lowest BCUT2D eigenvalue weighted by atomic mass is 10.1. The van der Waals surface area contributed by atoms with E-state index in [0.717, 1.165) is 0 Å². The van der Waals surface area contributed by atoms with Crippen molar-refractivity contribution in [1.82, 2.24) is 10.6 Å². The Balaban J connectivity index is 4.18. The summed E-state index contributed by atoms with van der Waals surface area (Å²) in [4.78, 5) is 23.2. The van der Waals surface area contributed by atoms with Crippen molar-refractivity contribution in [3.8, 4) is 0 Å². The molecule has 0 aromatic carbocycles. The summed E-state index contributed by atoms with van der Waals surface area (Å²) in [6.45, 7) is 13.5. The summed E-state index contributed by atoms with van der Waals surface area (Å²) in [5.41, 5.74) is -1.07. The zero-order valence-corrected chi connectivity index (χ0v) is 13.2. The number of hydrogen-bond acceptors (Lipinski definition) is 3. The van der Waals surface area contributed by atoms with E-state index in [9.17, 15) is 9.59 Å². The van der Waals surface area contributed by atoms with E-state index in [-0.39, 0.29) is 5.91 Å². The molecule has 0 saturated carbocycles. The van der Waals surface area contributed by atoms with Crippen molar-refractivity contribution in [2.75, 3.05) is 6.54 Å². The van der Waals surface area contributed by atoms with Gasteiger partial charge in [0.05, 0.1) is 5.54 Å². The van der Waals surface area contributed by atoms with Crippen LogP contribution in [0.5, 0.6) is 0 Å². The quantitative estimate of drug-likeness (QED) is 0.808. The lowest BCUT2D eigenvalue weighted by Gasteiger charge is -2.29. The van der Waals surface area contributed by atoms with Gasteiger partial charge in [0, 0.05) is 13.0 Å². The van der Waals surface area contributed by atoms with Crippen LogP contribution in [0.25, 0.3) is 0 Å². The van der Waals surface area contributed by atoms with E-state index in [4.69, 9.17) is 4.74 Å². The summed E-state index contributed by atoms with van der Waals surface area (Å²) < 4.78 is 5.18. The first-order valence-corrected chi connectivity index (χ1v) is 6.69. The topological polar surface area (TPSA) is 67.4 Å². The number of hydrogen-bond donors (Lipinski definition) is 2. The fourth-order valence-corrected chi connectivity index (χ4v) is 1.39. The minimum absolute atomic E-state index is 0.00550. The van der Waals surface area contributed by atoms with Gasteiger partial charge < -0.3 is 15.4 Å². The van der Waals surface area contributed by atoms with Crippen LogP contribution in [0, 0.1) is 5.92 Å². The molecule has 112 valence electrons. The van der Waals surface area contributed by atoms with Crippen LogP contribution >= 0.6 is 0 Å². The molecule has 0 saturated heterocycles. The second-order valence-corrected chi connectivity index (χ2v) is 6.89. The molecule has 19 heavy (non-hydrogen) atoms. The van der Waals surface area contributed by atoms with Gasteiger partial charge in [-0.05, 0) is 40.5 Å². The maximum Gasteiger partial charge on any atom is 0.408 e. The van der Waals surface area contributed by atoms with Crippen LogP contribution in [0.1, 0.15) is 54.9 Å². The third-order valence-corrected chi connectivity index (χ3v) is 2.16. The number of carbonyl (C=O) groups is 2. The standard InChI is InChI=1S/C14H28N2O3/c1-10(2)8-11(17)15-9-14(6,7)16-12(18)19-13(3,4)5/h10H,8-9H2,1-7H3,(H,15,17)(H,16,18). The molecule has 0 unspecified atom stereocenters. The van der Waals surface area contributed by atoms with E-state index >= 15 is 0 Å². The lowest BCUT2D eigenvalue weighted by molar-refractivity contribution is -0.122. The molecule has 2 N–H and O–H groups in total. The second kappa shape index (κ2) is 6.78. The van der Waals surface area contributed by atoms with Crippen molar-refractivity contribution in [2.24, 2.45) is 5.92 Å². The van der Waals surface area contributed by atoms with Crippen LogP contribution in [0.15, 0.2) is 0 Å². The zero-order valence-electron chi connectivity index (χ0n) is 13.2. The van der Waals surface area contributed by atoms with Crippen molar-refractivity contribution in [1.29, 1.82) is 0 Å². The predicted octanol–water partition coefficient (Wildman–Crippen LogP) is 2.45. The number of rotatable bonds is 5. The van der Waals surface area contributed by atoms with Gasteiger partial charge in [-0.15, -0.1) is 0 Å². The van der Waals surface area contributed by atoms with Crippen LogP contribution in [0.2, 0.25) is 0 Å². The zero-order chi connectivity index (χ0) is 15.3. The Kier molecular flexibility index (Phi) is 6.33. The molecule has 0 bridgehead atoms. The van der Waals surface area contributed by atoms with Gasteiger partial charge in [-0.1, -0.05) is 13.8 Å². The van der Waals surface area contributed by atoms with E-state index in [2.05, 4.69) is 10.6 Å². The van der Waals surface area contributed by atoms with Gasteiger partial charge in [0.15, 0.2) is 0 Å². The van der Waals surface area contributed by atoms with E-state index in [0.29, 0.717) is 18.9 Å². The van der Waals surface area contributed by atoms with Gasteiger partial charge >= 0.3 is 6.09 Å². The Morgan fingerprint density at radius 3 is 2.05 bits per heavy atom. The Morgan fingerprint density at radius 1 is 1.11 bits per heavy atom. The maximum absolute atomic E-state index is 11.7. The molecule has 0 spiro atoms. The van der Waals surface area contributed by atoms with Crippen molar-refractivity contribution in [3.63, 3.8) is 0 Å². The van der Waals surface area contributed by atoms with Crippen LogP contribution in [-0.4, -0.2) is 29.7 Å². The summed E-state index contributed by atoms with van der Waals surface area (Å²) in [6, 6.07) is 0. The van der Waals surface area contributed by atoms with Crippen molar-refractivity contribution in [3.05, 3.63) is 0 Å². The highest BCUT2D eigenvalue weighted by atomic mass is 16.6. The Morgan fingerprint density at radius 2 is 1.63 bits per heavy atom. The summed E-state index contributed by atoms with van der Waals surface area (Å²) in [6.07, 6.45) is 0.0123. The number of amides is 2. The highest BCUT2D eigenvalue weighted by molar-refractivity contribution is 5.76. The number of carbonyl (C=O) groups excluding carboxylic acids is 2. The van der Waals surface area contributed by atoms with Crippen LogP contribution < -0.4 is 10.6 Å². The number of ether oxygens (including phenoxy) is 1. The average molecular weight is 272 g/mol. The maximum atomic E-state index is 11.7. The van der Waals surface area contributed by atoms with Gasteiger partial charge in [-0.3, -0.25) is 4.79 Å². The normalized spacial score (nSPS) is 12.2. The van der Waals surface area contributed by atoms with Gasteiger partial charge in [0.25, 0.3) is 0 Å². The molecule has 0 atom stereocenters. The molecule has 0 aliphatic rings. The minimum atomic E-state index is -0.547. The van der Waals surface area contributed by atoms with Crippen molar-refractivity contribution < 1.29 is 14.3 Å². The Labute approximate surface area is 116 Å². The summed E-state index contributed by atoms with van der Waals surface area (Å²) in [7, 11) is 0. The van der Waals surface area contributed by atoms with Gasteiger partial charge in [-0.2, -0.15) is 0 Å². The molecule has 0 rings (SSSR count). The summed E-state index contributed by atoms with van der Waals surface area (Å²) in [5, 5.41) is 5.56. The van der Waals surface area contributed by atoms with Crippen LogP contribution in [-0.2, 0) is 9.53 Å².